The van der Waals surface area contributed by atoms with Gasteiger partial charge in [-0.1, -0.05) is 6.92 Å². The second-order valence-corrected chi connectivity index (χ2v) is 3.06. The molecule has 0 bridgehead atoms. The monoisotopic (exact) mass is 143 g/mol. The molecule has 0 heterocycles. The minimum absolute atomic E-state index is 0.236. The van der Waals surface area contributed by atoms with Crippen LogP contribution in [0.4, 0.5) is 0 Å². The van der Waals surface area contributed by atoms with Gasteiger partial charge in [-0.15, -0.1) is 0 Å². The topological polar surface area (TPSA) is 20.3 Å². The van der Waals surface area contributed by atoms with E-state index in [0.29, 0.717) is 0 Å². The van der Waals surface area contributed by atoms with Crippen molar-refractivity contribution < 1.29 is 4.79 Å². The van der Waals surface area contributed by atoms with Crippen LogP contribution >= 0.6 is 0 Å². The van der Waals surface area contributed by atoms with Crippen molar-refractivity contribution >= 4 is 6.29 Å². The van der Waals surface area contributed by atoms with E-state index in [4.69, 9.17) is 0 Å². The van der Waals surface area contributed by atoms with E-state index in [9.17, 15) is 4.79 Å². The number of aldehydes is 1. The Balaban J connectivity index is 3.11. The van der Waals surface area contributed by atoms with Gasteiger partial charge in [0.1, 0.15) is 6.29 Å². The minimum Gasteiger partial charge on any atom is -0.309 e. The van der Waals surface area contributed by atoms with E-state index in [1.807, 2.05) is 21.0 Å². The predicted octanol–water partition coefficient (Wildman–Crippen LogP) is 1.16. The number of carbonyl (C=O) groups is 1. The number of carbonyl (C=O) groups excluding carboxylic acids is 1. The molecular formula is C8H17NO. The molecule has 0 aliphatic carbocycles. The van der Waals surface area contributed by atoms with Crippen LogP contribution < -0.4 is 0 Å². The Bertz CT molecular complexity index is 91.3. The van der Waals surface area contributed by atoms with Crippen molar-refractivity contribution in [2.24, 2.45) is 5.92 Å². The van der Waals surface area contributed by atoms with Crippen molar-refractivity contribution in [2.45, 2.75) is 19.8 Å². The van der Waals surface area contributed by atoms with E-state index in [1.54, 1.807) is 0 Å². The molecule has 0 saturated carbocycles. The van der Waals surface area contributed by atoms with Crippen molar-refractivity contribution in [3.8, 4) is 0 Å². The Morgan fingerprint density at radius 1 is 1.50 bits per heavy atom. The van der Waals surface area contributed by atoms with Gasteiger partial charge in [-0.3, -0.25) is 0 Å². The first-order chi connectivity index (χ1) is 4.66. The standard InChI is InChI=1S/C8H17NO/c1-8(7-10)5-4-6-9(2)3/h7-8H,4-6H2,1-3H3. The van der Waals surface area contributed by atoms with Gasteiger partial charge in [0, 0.05) is 5.92 Å². The highest BCUT2D eigenvalue weighted by atomic mass is 16.1. The number of hydrogen-bond acceptors (Lipinski definition) is 2. The highest BCUT2D eigenvalue weighted by Crippen LogP contribution is 2.01. The molecule has 0 amide bonds. The first-order valence-corrected chi connectivity index (χ1v) is 3.77. The van der Waals surface area contributed by atoms with E-state index in [0.717, 1.165) is 25.7 Å². The lowest BCUT2D eigenvalue weighted by molar-refractivity contribution is -0.110. The highest BCUT2D eigenvalue weighted by Gasteiger charge is 1.98. The summed E-state index contributed by atoms with van der Waals surface area (Å²) in [6.45, 7) is 3.04. The molecule has 0 aliphatic heterocycles. The fraction of sp³-hybridized carbons (Fsp3) is 0.875. The molecule has 0 fully saturated rings. The second kappa shape index (κ2) is 5.42. The van der Waals surface area contributed by atoms with Crippen LogP contribution in [-0.4, -0.2) is 31.8 Å². The molecule has 0 aliphatic rings. The lowest BCUT2D eigenvalue weighted by atomic mass is 10.1. The lowest BCUT2D eigenvalue weighted by Crippen LogP contribution is -2.13. The Hall–Kier alpha value is -0.370. The zero-order valence-corrected chi connectivity index (χ0v) is 7.13. The van der Waals surface area contributed by atoms with Crippen molar-refractivity contribution in [1.82, 2.24) is 4.90 Å². The number of hydrogen-bond donors (Lipinski definition) is 0. The molecule has 0 N–H and O–H groups in total. The summed E-state index contributed by atoms with van der Waals surface area (Å²) in [5, 5.41) is 0. The fourth-order valence-electron chi connectivity index (χ4n) is 0.798. The third-order valence-corrected chi connectivity index (χ3v) is 1.50. The molecule has 60 valence electrons. The quantitative estimate of drug-likeness (QED) is 0.538. The highest BCUT2D eigenvalue weighted by molar-refractivity contribution is 5.52. The summed E-state index contributed by atoms with van der Waals surface area (Å²) in [6.07, 6.45) is 3.16. The first-order valence-electron chi connectivity index (χ1n) is 3.77. The second-order valence-electron chi connectivity index (χ2n) is 3.06. The van der Waals surface area contributed by atoms with Crippen LogP contribution in [0, 0.1) is 5.92 Å². The van der Waals surface area contributed by atoms with Gasteiger partial charge in [0.25, 0.3) is 0 Å². The van der Waals surface area contributed by atoms with Crippen LogP contribution in [0.1, 0.15) is 19.8 Å². The molecule has 0 radical (unpaired) electrons. The zero-order valence-electron chi connectivity index (χ0n) is 7.13. The van der Waals surface area contributed by atoms with Gasteiger partial charge >= 0.3 is 0 Å². The summed E-state index contributed by atoms with van der Waals surface area (Å²) in [5.41, 5.74) is 0. The van der Waals surface area contributed by atoms with Crippen molar-refractivity contribution in [1.29, 1.82) is 0 Å². The molecule has 10 heavy (non-hydrogen) atoms. The van der Waals surface area contributed by atoms with E-state index in [2.05, 4.69) is 4.90 Å². The van der Waals surface area contributed by atoms with Crippen molar-refractivity contribution in [3.05, 3.63) is 0 Å². The molecule has 0 aromatic rings. The first kappa shape index (κ1) is 9.63. The molecule has 2 nitrogen and oxygen atoms in total. The van der Waals surface area contributed by atoms with E-state index >= 15 is 0 Å². The fourth-order valence-corrected chi connectivity index (χ4v) is 0.798. The average Bonchev–Trinajstić information content (AvgIpc) is 1.87. The Labute approximate surface area is 63.2 Å². The van der Waals surface area contributed by atoms with Gasteiger partial charge < -0.3 is 9.69 Å². The maximum absolute atomic E-state index is 10.2. The van der Waals surface area contributed by atoms with E-state index in [1.165, 1.54) is 0 Å². The van der Waals surface area contributed by atoms with Crippen LogP contribution in [0.15, 0.2) is 0 Å². The van der Waals surface area contributed by atoms with Gasteiger partial charge in [0.05, 0.1) is 0 Å². The Morgan fingerprint density at radius 2 is 2.10 bits per heavy atom. The van der Waals surface area contributed by atoms with E-state index < -0.39 is 0 Å². The van der Waals surface area contributed by atoms with Crippen LogP contribution in [-0.2, 0) is 4.79 Å². The molecule has 0 aromatic carbocycles. The zero-order chi connectivity index (χ0) is 7.98. The summed E-state index contributed by atoms with van der Waals surface area (Å²) < 4.78 is 0. The van der Waals surface area contributed by atoms with E-state index in [-0.39, 0.29) is 5.92 Å². The van der Waals surface area contributed by atoms with Crippen molar-refractivity contribution in [2.75, 3.05) is 20.6 Å². The molecule has 0 rings (SSSR count). The van der Waals surface area contributed by atoms with Gasteiger partial charge in [0.15, 0.2) is 0 Å². The average molecular weight is 143 g/mol. The van der Waals surface area contributed by atoms with Gasteiger partial charge in [0.2, 0.25) is 0 Å². The molecule has 0 saturated heterocycles. The smallest absolute Gasteiger partial charge is 0.122 e. The molecule has 1 unspecified atom stereocenters. The van der Waals surface area contributed by atoms with Crippen LogP contribution in [0.3, 0.4) is 0 Å². The summed E-state index contributed by atoms with van der Waals surface area (Å²) >= 11 is 0. The largest absolute Gasteiger partial charge is 0.309 e. The minimum atomic E-state index is 0.236. The lowest BCUT2D eigenvalue weighted by Gasteiger charge is -2.09. The number of nitrogens with zero attached hydrogens (tertiary/aromatic N) is 1. The van der Waals surface area contributed by atoms with Crippen LogP contribution in [0.2, 0.25) is 0 Å². The Morgan fingerprint density at radius 3 is 2.50 bits per heavy atom. The molecule has 0 aromatic heterocycles. The maximum atomic E-state index is 10.2. The summed E-state index contributed by atoms with van der Waals surface area (Å²) in [7, 11) is 4.09. The maximum Gasteiger partial charge on any atom is 0.122 e. The van der Waals surface area contributed by atoms with Crippen molar-refractivity contribution in [3.63, 3.8) is 0 Å². The van der Waals surface area contributed by atoms with Crippen LogP contribution in [0.25, 0.3) is 0 Å². The predicted molar refractivity (Wildman–Crippen MR) is 43.0 cm³/mol. The Kier molecular flexibility index (Phi) is 5.22. The SMILES string of the molecule is CC(C=O)CCCN(C)C. The third-order valence-electron chi connectivity index (χ3n) is 1.50. The summed E-state index contributed by atoms with van der Waals surface area (Å²) in [4.78, 5) is 12.3. The third kappa shape index (κ3) is 5.76. The normalized spacial score (nSPS) is 13.6. The molecule has 0 spiro atoms. The molecule has 1 atom stereocenters. The van der Waals surface area contributed by atoms with Gasteiger partial charge in [-0.25, -0.2) is 0 Å². The molecule has 2 heteroatoms. The number of rotatable bonds is 5. The van der Waals surface area contributed by atoms with Gasteiger partial charge in [-0.05, 0) is 33.5 Å². The summed E-state index contributed by atoms with van der Waals surface area (Å²) in [6, 6.07) is 0. The van der Waals surface area contributed by atoms with Gasteiger partial charge in [-0.2, -0.15) is 0 Å². The molecular weight excluding hydrogens is 126 g/mol. The van der Waals surface area contributed by atoms with Crippen LogP contribution in [0.5, 0.6) is 0 Å². The summed E-state index contributed by atoms with van der Waals surface area (Å²) in [5.74, 6) is 0.236.